The van der Waals surface area contributed by atoms with Crippen LogP contribution in [0, 0.1) is 13.8 Å². The fraction of sp³-hybridized carbons (Fsp3) is 0.556. The molecule has 9 nitrogen and oxygen atoms in total. The predicted molar refractivity (Wildman–Crippen MR) is 102 cm³/mol. The molecular formula is C18H27N3O6S. The minimum atomic E-state index is -3.82. The first-order valence-electron chi connectivity index (χ1n) is 9.15. The molecule has 0 radical (unpaired) electrons. The number of benzene rings is 1. The third kappa shape index (κ3) is 5.51. The maximum Gasteiger partial charge on any atom is 0.309 e. The Balaban J connectivity index is 2.08. The lowest BCUT2D eigenvalue weighted by Gasteiger charge is -2.35. The van der Waals surface area contributed by atoms with Gasteiger partial charge in [0.2, 0.25) is 10.0 Å². The van der Waals surface area contributed by atoms with E-state index in [1.807, 2.05) is 13.0 Å². The Labute approximate surface area is 165 Å². The van der Waals surface area contributed by atoms with Gasteiger partial charge in [0.05, 0.1) is 18.0 Å². The van der Waals surface area contributed by atoms with Crippen molar-refractivity contribution in [1.82, 2.24) is 14.9 Å². The van der Waals surface area contributed by atoms with Crippen LogP contribution < -0.4 is 10.6 Å². The van der Waals surface area contributed by atoms with E-state index in [2.05, 4.69) is 10.6 Å². The van der Waals surface area contributed by atoms with Gasteiger partial charge in [-0.25, -0.2) is 8.42 Å². The Morgan fingerprint density at radius 2 is 1.96 bits per heavy atom. The zero-order valence-corrected chi connectivity index (χ0v) is 16.9. The monoisotopic (exact) mass is 413 g/mol. The molecule has 1 heterocycles. The Hall–Kier alpha value is -2.01. The molecule has 1 aromatic carbocycles. The minimum Gasteiger partial charge on any atom is -0.396 e. The van der Waals surface area contributed by atoms with E-state index in [1.54, 1.807) is 19.1 Å². The first kappa shape index (κ1) is 22.3. The molecule has 1 aliphatic heterocycles. The zero-order valence-electron chi connectivity index (χ0n) is 16.1. The summed E-state index contributed by atoms with van der Waals surface area (Å²) in [6.45, 7) is 4.11. The topological polar surface area (TPSA) is 125 Å². The molecule has 28 heavy (non-hydrogen) atoms. The Morgan fingerprint density at radius 1 is 1.25 bits per heavy atom. The minimum absolute atomic E-state index is 0.0942. The van der Waals surface area contributed by atoms with Crippen molar-refractivity contribution in [3.63, 3.8) is 0 Å². The van der Waals surface area contributed by atoms with E-state index in [0.717, 1.165) is 5.56 Å². The quantitative estimate of drug-likeness (QED) is 0.415. The number of aliphatic hydroxyl groups excluding tert-OH is 1. The van der Waals surface area contributed by atoms with Crippen LogP contribution >= 0.6 is 0 Å². The molecule has 0 aliphatic carbocycles. The smallest absolute Gasteiger partial charge is 0.309 e. The lowest BCUT2D eigenvalue weighted by atomic mass is 10.2. The van der Waals surface area contributed by atoms with Gasteiger partial charge in [0.25, 0.3) is 0 Å². The lowest BCUT2D eigenvalue weighted by Crippen LogP contribution is -2.53. The second-order valence-electron chi connectivity index (χ2n) is 6.61. The molecule has 1 aromatic rings. The van der Waals surface area contributed by atoms with Crippen molar-refractivity contribution in [3.8, 4) is 0 Å². The van der Waals surface area contributed by atoms with Crippen LogP contribution in [0.5, 0.6) is 0 Å². The number of aryl methyl sites for hydroxylation is 2. The second kappa shape index (κ2) is 9.97. The van der Waals surface area contributed by atoms with Crippen LogP contribution in [0.15, 0.2) is 23.1 Å². The van der Waals surface area contributed by atoms with Gasteiger partial charge >= 0.3 is 11.8 Å². The number of rotatable bonds is 7. The average molecular weight is 413 g/mol. The molecule has 1 atom stereocenters. The molecule has 1 saturated heterocycles. The molecule has 2 amide bonds. The Kier molecular flexibility index (Phi) is 7.93. The van der Waals surface area contributed by atoms with Gasteiger partial charge in [-0.15, -0.1) is 0 Å². The molecule has 0 saturated carbocycles. The molecule has 3 N–H and O–H groups in total. The maximum absolute atomic E-state index is 13.2. The number of ether oxygens (including phenoxy) is 1. The lowest BCUT2D eigenvalue weighted by molar-refractivity contribution is -0.140. The van der Waals surface area contributed by atoms with Gasteiger partial charge in [-0.05, 0) is 43.9 Å². The maximum atomic E-state index is 13.2. The van der Waals surface area contributed by atoms with Gasteiger partial charge in [0.15, 0.2) is 0 Å². The SMILES string of the molecule is Cc1ccc(C)c(S(=O)(=O)N2CCCOC2CNC(=O)C(=O)NCCCO)c1. The number of aliphatic hydroxyl groups is 1. The number of nitrogens with one attached hydrogen (secondary N) is 2. The Bertz CT molecular complexity index is 812. The van der Waals surface area contributed by atoms with Gasteiger partial charge in [-0.1, -0.05) is 12.1 Å². The first-order valence-corrected chi connectivity index (χ1v) is 10.6. The van der Waals surface area contributed by atoms with Gasteiger partial charge in [-0.3, -0.25) is 9.59 Å². The van der Waals surface area contributed by atoms with Gasteiger partial charge in [-0.2, -0.15) is 4.31 Å². The van der Waals surface area contributed by atoms with E-state index in [1.165, 1.54) is 4.31 Å². The fourth-order valence-electron chi connectivity index (χ4n) is 2.84. The van der Waals surface area contributed by atoms with Crippen molar-refractivity contribution >= 4 is 21.8 Å². The first-order chi connectivity index (χ1) is 13.3. The van der Waals surface area contributed by atoms with Crippen molar-refractivity contribution < 1.29 is 27.9 Å². The van der Waals surface area contributed by atoms with E-state index < -0.39 is 28.1 Å². The molecular weight excluding hydrogens is 386 g/mol. The van der Waals surface area contributed by atoms with Crippen molar-refractivity contribution in [3.05, 3.63) is 29.3 Å². The summed E-state index contributed by atoms with van der Waals surface area (Å²) in [4.78, 5) is 23.8. The van der Waals surface area contributed by atoms with Crippen LogP contribution in [0.25, 0.3) is 0 Å². The van der Waals surface area contributed by atoms with Crippen LogP contribution in [0.2, 0.25) is 0 Å². The van der Waals surface area contributed by atoms with Gasteiger partial charge in [0, 0.05) is 19.7 Å². The summed E-state index contributed by atoms with van der Waals surface area (Å²) < 4.78 is 33.1. The summed E-state index contributed by atoms with van der Waals surface area (Å²) >= 11 is 0. The molecule has 0 aromatic heterocycles. The number of hydrogen-bond acceptors (Lipinski definition) is 6. The zero-order chi connectivity index (χ0) is 20.7. The third-order valence-corrected chi connectivity index (χ3v) is 6.38. The molecule has 156 valence electrons. The molecule has 0 bridgehead atoms. The van der Waals surface area contributed by atoms with Gasteiger partial charge in [0.1, 0.15) is 6.23 Å². The molecule has 10 heteroatoms. The van der Waals surface area contributed by atoms with E-state index in [4.69, 9.17) is 9.84 Å². The highest BCUT2D eigenvalue weighted by Gasteiger charge is 2.35. The molecule has 0 spiro atoms. The summed E-state index contributed by atoms with van der Waals surface area (Å²) in [5.41, 5.74) is 1.45. The summed E-state index contributed by atoms with van der Waals surface area (Å²) in [5, 5.41) is 13.5. The summed E-state index contributed by atoms with van der Waals surface area (Å²) in [6.07, 6.45) is -0.0177. The number of nitrogens with zero attached hydrogens (tertiary/aromatic N) is 1. The van der Waals surface area contributed by atoms with Crippen LogP contribution in [0.1, 0.15) is 24.0 Å². The second-order valence-corrected chi connectivity index (χ2v) is 8.47. The van der Waals surface area contributed by atoms with Crippen LogP contribution in [-0.2, 0) is 24.3 Å². The van der Waals surface area contributed by atoms with E-state index in [-0.39, 0.29) is 31.1 Å². The molecule has 1 aliphatic rings. The molecule has 1 fully saturated rings. The highest BCUT2D eigenvalue weighted by atomic mass is 32.2. The van der Waals surface area contributed by atoms with Crippen molar-refractivity contribution in [2.75, 3.05) is 32.8 Å². The Morgan fingerprint density at radius 3 is 2.68 bits per heavy atom. The normalized spacial score (nSPS) is 17.9. The summed E-state index contributed by atoms with van der Waals surface area (Å²) in [5.74, 6) is -1.72. The van der Waals surface area contributed by atoms with Gasteiger partial charge < -0.3 is 20.5 Å². The van der Waals surface area contributed by atoms with E-state index in [0.29, 0.717) is 25.0 Å². The van der Waals surface area contributed by atoms with Crippen molar-refractivity contribution in [2.24, 2.45) is 0 Å². The number of amides is 2. The van der Waals surface area contributed by atoms with Crippen LogP contribution in [0.3, 0.4) is 0 Å². The fourth-order valence-corrected chi connectivity index (χ4v) is 4.71. The third-order valence-electron chi connectivity index (χ3n) is 4.35. The van der Waals surface area contributed by atoms with E-state index in [9.17, 15) is 18.0 Å². The number of carbonyl (C=O) groups excluding carboxylic acids is 2. The number of sulfonamides is 1. The highest BCUT2D eigenvalue weighted by molar-refractivity contribution is 7.89. The molecule has 1 unspecified atom stereocenters. The highest BCUT2D eigenvalue weighted by Crippen LogP contribution is 2.25. The molecule has 2 rings (SSSR count). The average Bonchev–Trinajstić information content (AvgIpc) is 2.68. The standard InChI is InChI=1S/C18H27N3O6S/c1-13-5-6-14(2)15(11-13)28(25,26)21-8-4-10-27-16(21)12-20-18(24)17(23)19-7-3-9-22/h5-6,11,16,22H,3-4,7-10,12H2,1-2H3,(H,19,23)(H,20,24). The van der Waals surface area contributed by atoms with Crippen LogP contribution in [-0.4, -0.2) is 68.7 Å². The largest absolute Gasteiger partial charge is 0.396 e. The summed E-state index contributed by atoms with van der Waals surface area (Å²) in [7, 11) is -3.82. The summed E-state index contributed by atoms with van der Waals surface area (Å²) in [6, 6.07) is 5.21. The predicted octanol–water partition coefficient (Wildman–Crippen LogP) is -0.345. The van der Waals surface area contributed by atoms with Crippen LogP contribution in [0.4, 0.5) is 0 Å². The number of hydrogen-bond donors (Lipinski definition) is 3. The number of carbonyl (C=O) groups is 2. The van der Waals surface area contributed by atoms with Crippen molar-refractivity contribution in [1.29, 1.82) is 0 Å². The van der Waals surface area contributed by atoms with E-state index >= 15 is 0 Å². The van der Waals surface area contributed by atoms with Crippen molar-refractivity contribution in [2.45, 2.75) is 37.8 Å².